The molecule has 0 saturated carbocycles. The number of thiophene rings is 1. The summed E-state index contributed by atoms with van der Waals surface area (Å²) in [4.78, 5) is 23.0. The van der Waals surface area contributed by atoms with Crippen LogP contribution in [0.2, 0.25) is 0 Å². The molecule has 7 heteroatoms. The molecule has 0 spiro atoms. The minimum absolute atomic E-state index is 0.584. The Morgan fingerprint density at radius 3 is 1.90 bits per heavy atom. The van der Waals surface area contributed by atoms with Gasteiger partial charge in [-0.05, 0) is 54.8 Å². The van der Waals surface area contributed by atoms with Crippen molar-refractivity contribution in [2.24, 2.45) is 0 Å². The van der Waals surface area contributed by atoms with Crippen LogP contribution in [0.4, 0.5) is 0 Å². The fourth-order valence-electron chi connectivity index (χ4n) is 7.72. The Morgan fingerprint density at radius 1 is 0.510 bits per heavy atom. The van der Waals surface area contributed by atoms with E-state index in [2.05, 4.69) is 94.1 Å². The topological polar surface area (TPSA) is 61.4 Å². The quantitative estimate of drug-likeness (QED) is 0.187. The minimum Gasteiger partial charge on any atom is -0.308 e. The summed E-state index contributed by atoms with van der Waals surface area (Å²) in [7, 11) is 0. The largest absolute Gasteiger partial charge is 0.308 e. The van der Waals surface area contributed by atoms with Crippen molar-refractivity contribution in [3.8, 4) is 34.4 Å². The third kappa shape index (κ3) is 4.35. The fraction of sp³-hybridized carbons (Fsp3) is 0.0455. The third-order valence-electron chi connectivity index (χ3n) is 10.0. The first-order valence-corrected chi connectivity index (χ1v) is 18.0. The second-order valence-corrected chi connectivity index (χ2v) is 14.1. The Kier molecular flexibility index (Phi) is 6.15. The number of aromatic nitrogens is 6. The Morgan fingerprint density at radius 2 is 1.16 bits per heavy atom. The molecule has 240 valence electrons. The molecular weight excluding hydrogens is 645 g/mol. The predicted molar refractivity (Wildman–Crippen MR) is 210 cm³/mol. The first-order chi connectivity index (χ1) is 25.3. The van der Waals surface area contributed by atoms with Gasteiger partial charge < -0.3 is 4.57 Å². The average Bonchev–Trinajstić information content (AvgIpc) is 3.84. The zero-order chi connectivity index (χ0) is 33.5. The molecule has 1 aliphatic rings. The molecule has 0 amide bonds. The van der Waals surface area contributed by atoms with E-state index in [0.29, 0.717) is 17.6 Å². The zero-order valence-electron chi connectivity index (χ0n) is 27.4. The number of rotatable bonds is 4. The van der Waals surface area contributed by atoms with Crippen molar-refractivity contribution >= 4 is 71.4 Å². The molecule has 51 heavy (non-hydrogen) atoms. The Balaban J connectivity index is 1.17. The standard InChI is InChI=1S/C44H28N6S/c1-3-13-27(14-4-1)41-46-42(28-15-5-2-6-16-28)48-44(47-41)50-35-20-10-7-17-30(35)33-25-29(23-24-37(33)50)49-36-21-11-8-19-32(36)40-38(49)26-34-31-18-9-12-22-39(31)51-43(34)45-40/h1-11,13-21,23-26H,12,22H2. The lowest BCUT2D eigenvalue weighted by Gasteiger charge is -2.11. The highest BCUT2D eigenvalue weighted by atomic mass is 32.1. The summed E-state index contributed by atoms with van der Waals surface area (Å²) in [6, 6.07) is 46.5. The van der Waals surface area contributed by atoms with E-state index in [-0.39, 0.29) is 0 Å². The van der Waals surface area contributed by atoms with Gasteiger partial charge in [-0.3, -0.25) is 4.57 Å². The number of benzene rings is 5. The van der Waals surface area contributed by atoms with Crippen molar-refractivity contribution in [3.05, 3.63) is 150 Å². The maximum Gasteiger partial charge on any atom is 0.238 e. The molecule has 5 heterocycles. The van der Waals surface area contributed by atoms with Crippen LogP contribution >= 0.6 is 11.3 Å². The monoisotopic (exact) mass is 672 g/mol. The molecule has 0 aliphatic heterocycles. The van der Waals surface area contributed by atoms with Crippen molar-refractivity contribution in [1.29, 1.82) is 0 Å². The molecule has 5 aromatic carbocycles. The number of nitrogens with zero attached hydrogens (tertiary/aromatic N) is 6. The van der Waals surface area contributed by atoms with E-state index in [0.717, 1.165) is 78.2 Å². The van der Waals surface area contributed by atoms with E-state index in [4.69, 9.17) is 19.9 Å². The molecule has 0 radical (unpaired) electrons. The molecule has 11 rings (SSSR count). The highest BCUT2D eigenvalue weighted by Gasteiger charge is 2.22. The molecule has 0 saturated heterocycles. The molecule has 0 bridgehead atoms. The Bertz CT molecular complexity index is 2970. The lowest BCUT2D eigenvalue weighted by molar-refractivity contribution is 0.953. The Labute approximate surface area is 296 Å². The number of pyridine rings is 1. The molecule has 0 N–H and O–H groups in total. The second-order valence-electron chi connectivity index (χ2n) is 13.0. The zero-order valence-corrected chi connectivity index (χ0v) is 28.2. The van der Waals surface area contributed by atoms with Crippen molar-refractivity contribution in [2.45, 2.75) is 12.8 Å². The summed E-state index contributed by atoms with van der Waals surface area (Å²) in [5.41, 5.74) is 9.66. The molecule has 5 aromatic heterocycles. The van der Waals surface area contributed by atoms with Crippen molar-refractivity contribution in [1.82, 2.24) is 29.1 Å². The van der Waals surface area contributed by atoms with Crippen LogP contribution in [-0.4, -0.2) is 29.1 Å². The lowest BCUT2D eigenvalue weighted by Crippen LogP contribution is -2.06. The third-order valence-corrected chi connectivity index (χ3v) is 11.2. The van der Waals surface area contributed by atoms with E-state index >= 15 is 0 Å². The van der Waals surface area contributed by atoms with Crippen molar-refractivity contribution in [2.75, 3.05) is 0 Å². The van der Waals surface area contributed by atoms with Crippen molar-refractivity contribution < 1.29 is 0 Å². The van der Waals surface area contributed by atoms with E-state index in [1.165, 1.54) is 15.8 Å². The van der Waals surface area contributed by atoms with Gasteiger partial charge in [0.25, 0.3) is 0 Å². The number of hydrogen-bond donors (Lipinski definition) is 0. The Hall–Kier alpha value is -6.44. The summed E-state index contributed by atoms with van der Waals surface area (Å²) in [5.74, 6) is 1.86. The van der Waals surface area contributed by atoms with E-state index < -0.39 is 0 Å². The molecule has 0 fully saturated rings. The SMILES string of the molecule is C1=Cc2c(sc3nc4c5ccccc5n(-c5ccc6c(c5)c5ccccc5n6-c5nc(-c6ccccc6)nc(-c6ccccc6)n5)c4cc23)CC1. The van der Waals surface area contributed by atoms with Gasteiger partial charge >= 0.3 is 0 Å². The first-order valence-electron chi connectivity index (χ1n) is 17.2. The molecule has 10 aromatic rings. The van der Waals surface area contributed by atoms with Crippen LogP contribution in [0.3, 0.4) is 0 Å². The van der Waals surface area contributed by atoms with Gasteiger partial charge in [-0.1, -0.05) is 109 Å². The van der Waals surface area contributed by atoms with Crippen LogP contribution in [0.25, 0.3) is 94.4 Å². The summed E-state index contributed by atoms with van der Waals surface area (Å²) >= 11 is 1.84. The maximum atomic E-state index is 5.32. The van der Waals surface area contributed by atoms with Crippen LogP contribution in [0.1, 0.15) is 16.9 Å². The van der Waals surface area contributed by atoms with E-state index in [9.17, 15) is 0 Å². The van der Waals surface area contributed by atoms with Gasteiger partial charge in [0.2, 0.25) is 5.95 Å². The normalized spacial score (nSPS) is 12.9. The van der Waals surface area contributed by atoms with Gasteiger partial charge in [0.15, 0.2) is 11.6 Å². The fourth-order valence-corrected chi connectivity index (χ4v) is 8.88. The first kappa shape index (κ1) is 28.4. The molecule has 1 aliphatic carbocycles. The van der Waals surface area contributed by atoms with Gasteiger partial charge in [-0.25, -0.2) is 9.97 Å². The summed E-state index contributed by atoms with van der Waals surface area (Å²) in [6.45, 7) is 0. The molecule has 0 unspecified atom stereocenters. The summed E-state index contributed by atoms with van der Waals surface area (Å²) in [6.07, 6.45) is 6.75. The van der Waals surface area contributed by atoms with Crippen LogP contribution in [0.15, 0.2) is 140 Å². The van der Waals surface area contributed by atoms with E-state index in [1.807, 2.05) is 72.0 Å². The summed E-state index contributed by atoms with van der Waals surface area (Å²) in [5, 5.41) is 4.65. The van der Waals surface area contributed by atoms with Gasteiger partial charge in [0, 0.05) is 43.2 Å². The van der Waals surface area contributed by atoms with Gasteiger partial charge in [0.05, 0.1) is 27.6 Å². The summed E-state index contributed by atoms with van der Waals surface area (Å²) < 4.78 is 4.55. The maximum absolute atomic E-state index is 5.32. The van der Waals surface area contributed by atoms with Crippen LogP contribution in [0.5, 0.6) is 0 Å². The lowest BCUT2D eigenvalue weighted by atomic mass is 10.0. The molecule has 0 atom stereocenters. The average molecular weight is 673 g/mol. The van der Waals surface area contributed by atoms with Gasteiger partial charge in [-0.2, -0.15) is 9.97 Å². The van der Waals surface area contributed by atoms with E-state index in [1.54, 1.807) is 0 Å². The van der Waals surface area contributed by atoms with Crippen LogP contribution < -0.4 is 0 Å². The predicted octanol–water partition coefficient (Wildman–Crippen LogP) is 11.0. The van der Waals surface area contributed by atoms with Crippen LogP contribution in [0, 0.1) is 0 Å². The van der Waals surface area contributed by atoms with Crippen LogP contribution in [-0.2, 0) is 6.42 Å². The highest BCUT2D eigenvalue weighted by Crippen LogP contribution is 2.41. The van der Waals surface area contributed by atoms with Crippen molar-refractivity contribution in [3.63, 3.8) is 0 Å². The highest BCUT2D eigenvalue weighted by molar-refractivity contribution is 7.19. The number of aryl methyl sites for hydroxylation is 1. The molecular formula is C44H28N6S. The minimum atomic E-state index is 0.584. The molecule has 6 nitrogen and oxygen atoms in total. The second kappa shape index (κ2) is 11.0. The van der Waals surface area contributed by atoms with Gasteiger partial charge in [0.1, 0.15) is 4.83 Å². The number of fused-ring (bicyclic) bond motifs is 9. The van der Waals surface area contributed by atoms with Gasteiger partial charge in [-0.15, -0.1) is 11.3 Å². The number of allylic oxidation sites excluding steroid dienone is 1. The number of para-hydroxylation sites is 2. The number of hydrogen-bond acceptors (Lipinski definition) is 5. The smallest absolute Gasteiger partial charge is 0.238 e.